The van der Waals surface area contributed by atoms with Crippen LogP contribution in [0.2, 0.25) is 0 Å². The maximum atomic E-state index is 13.8. The molecule has 0 saturated heterocycles. The van der Waals surface area contributed by atoms with E-state index in [0.29, 0.717) is 31.9 Å². The summed E-state index contributed by atoms with van der Waals surface area (Å²) in [4.78, 5) is 15.7. The van der Waals surface area contributed by atoms with Gasteiger partial charge in [0, 0.05) is 24.4 Å². The van der Waals surface area contributed by atoms with Crippen molar-refractivity contribution >= 4 is 22.4 Å². The molecule has 1 atom stereocenters. The fourth-order valence-electron chi connectivity index (χ4n) is 4.50. The Bertz CT molecular complexity index is 1290. The van der Waals surface area contributed by atoms with Gasteiger partial charge in [-0.05, 0) is 41.5 Å². The Kier molecular flexibility index (Phi) is 6.45. The molecule has 0 bridgehead atoms. The predicted molar refractivity (Wildman–Crippen MR) is 135 cm³/mol. The highest BCUT2D eigenvalue weighted by Crippen LogP contribution is 2.41. The minimum absolute atomic E-state index is 0.00333. The van der Waals surface area contributed by atoms with Gasteiger partial charge in [-0.1, -0.05) is 72.8 Å². The quantitative estimate of drug-likeness (QED) is 0.332. The van der Waals surface area contributed by atoms with Crippen LogP contribution in [-0.4, -0.2) is 30.6 Å². The first-order valence-corrected chi connectivity index (χ1v) is 11.7. The minimum atomic E-state index is -0.393. The molecule has 1 heterocycles. The van der Waals surface area contributed by atoms with Crippen molar-refractivity contribution in [3.8, 4) is 5.75 Å². The highest BCUT2D eigenvalue weighted by molar-refractivity contribution is 6.02. The maximum absolute atomic E-state index is 13.8. The molecule has 1 N–H and O–H groups in total. The van der Waals surface area contributed by atoms with Crippen molar-refractivity contribution in [3.05, 3.63) is 108 Å². The number of amides is 1. The van der Waals surface area contributed by atoms with Crippen LogP contribution in [0.15, 0.2) is 91.0 Å². The number of fused-ring (bicyclic) bond motifs is 2. The summed E-state index contributed by atoms with van der Waals surface area (Å²) in [6.45, 7) is 4.05. The van der Waals surface area contributed by atoms with Crippen molar-refractivity contribution in [1.82, 2.24) is 4.90 Å². The number of para-hydroxylation sites is 1. The first-order valence-electron chi connectivity index (χ1n) is 11.7. The van der Waals surface area contributed by atoms with Crippen LogP contribution in [-0.2, 0) is 11.3 Å². The van der Waals surface area contributed by atoms with E-state index in [1.165, 1.54) is 0 Å². The molecule has 0 aromatic heterocycles. The Balaban J connectivity index is 1.63. The fourth-order valence-corrected chi connectivity index (χ4v) is 4.50. The number of hydrogen-bond donors (Lipinski definition) is 1. The standard InChI is InChI=1S/C29H28N2O3/c1-2-33-18-19-34-26-17-16-22-12-6-7-13-23(22)27(26)28-30-25-15-9-8-14-24(25)29(32)31(28)20-21-10-4-3-5-11-21/h3-17,28,30H,2,18-20H2,1H3. The van der Waals surface area contributed by atoms with E-state index in [9.17, 15) is 4.79 Å². The zero-order chi connectivity index (χ0) is 23.3. The lowest BCUT2D eigenvalue weighted by Crippen LogP contribution is -2.42. The number of hydrogen-bond acceptors (Lipinski definition) is 4. The molecular formula is C29H28N2O3. The summed E-state index contributed by atoms with van der Waals surface area (Å²) >= 11 is 0. The number of nitrogens with zero attached hydrogens (tertiary/aromatic N) is 1. The van der Waals surface area contributed by atoms with Crippen LogP contribution in [0, 0.1) is 0 Å². The van der Waals surface area contributed by atoms with E-state index >= 15 is 0 Å². The normalized spacial score (nSPS) is 15.1. The molecule has 4 aromatic carbocycles. The molecule has 0 spiro atoms. The Labute approximate surface area is 199 Å². The Morgan fingerprint density at radius 3 is 2.47 bits per heavy atom. The van der Waals surface area contributed by atoms with Gasteiger partial charge in [0.1, 0.15) is 18.5 Å². The van der Waals surface area contributed by atoms with E-state index in [1.807, 2.05) is 84.6 Å². The third kappa shape index (κ3) is 4.35. The first kappa shape index (κ1) is 22.0. The summed E-state index contributed by atoms with van der Waals surface area (Å²) in [5.74, 6) is 0.748. The zero-order valence-electron chi connectivity index (χ0n) is 19.2. The highest BCUT2D eigenvalue weighted by atomic mass is 16.5. The number of carbonyl (C=O) groups excluding carboxylic acids is 1. The van der Waals surface area contributed by atoms with Gasteiger partial charge in [0.25, 0.3) is 5.91 Å². The van der Waals surface area contributed by atoms with Gasteiger partial charge in [0.2, 0.25) is 0 Å². The number of anilines is 1. The van der Waals surface area contributed by atoms with Crippen molar-refractivity contribution < 1.29 is 14.3 Å². The largest absolute Gasteiger partial charge is 0.491 e. The molecule has 0 saturated carbocycles. The summed E-state index contributed by atoms with van der Waals surface area (Å²) < 4.78 is 11.7. The van der Waals surface area contributed by atoms with Crippen LogP contribution in [0.4, 0.5) is 5.69 Å². The Hall–Kier alpha value is -3.83. The molecule has 1 aliphatic rings. The van der Waals surface area contributed by atoms with Crippen molar-refractivity contribution in [1.29, 1.82) is 0 Å². The van der Waals surface area contributed by atoms with E-state index in [0.717, 1.165) is 33.3 Å². The van der Waals surface area contributed by atoms with E-state index in [2.05, 4.69) is 23.5 Å². The molecule has 5 nitrogen and oxygen atoms in total. The third-order valence-corrected chi connectivity index (χ3v) is 6.11. The van der Waals surface area contributed by atoms with Crippen LogP contribution in [0.3, 0.4) is 0 Å². The average molecular weight is 453 g/mol. The van der Waals surface area contributed by atoms with Gasteiger partial charge in [-0.3, -0.25) is 4.79 Å². The van der Waals surface area contributed by atoms with Crippen LogP contribution in [0.25, 0.3) is 10.8 Å². The second kappa shape index (κ2) is 9.98. The van der Waals surface area contributed by atoms with Crippen molar-refractivity contribution in [2.75, 3.05) is 25.1 Å². The fraction of sp³-hybridized carbons (Fsp3) is 0.207. The molecule has 0 aliphatic carbocycles. The van der Waals surface area contributed by atoms with Gasteiger partial charge >= 0.3 is 0 Å². The minimum Gasteiger partial charge on any atom is -0.491 e. The summed E-state index contributed by atoms with van der Waals surface area (Å²) in [5.41, 5.74) is 3.53. The van der Waals surface area contributed by atoms with Gasteiger partial charge in [-0.25, -0.2) is 0 Å². The van der Waals surface area contributed by atoms with Crippen molar-refractivity contribution in [2.45, 2.75) is 19.6 Å². The maximum Gasteiger partial charge on any atom is 0.258 e. The van der Waals surface area contributed by atoms with Crippen LogP contribution in [0.1, 0.15) is 34.6 Å². The summed E-state index contributed by atoms with van der Waals surface area (Å²) in [6, 6.07) is 30.1. The molecular weight excluding hydrogens is 424 g/mol. The van der Waals surface area contributed by atoms with E-state index in [4.69, 9.17) is 9.47 Å². The molecule has 0 radical (unpaired) electrons. The molecule has 34 heavy (non-hydrogen) atoms. The summed E-state index contributed by atoms with van der Waals surface area (Å²) in [6.07, 6.45) is -0.393. The number of carbonyl (C=O) groups is 1. The summed E-state index contributed by atoms with van der Waals surface area (Å²) in [5, 5.41) is 5.80. The number of rotatable bonds is 8. The van der Waals surface area contributed by atoms with Gasteiger partial charge in [0.05, 0.1) is 12.2 Å². The molecule has 1 unspecified atom stereocenters. The molecule has 4 aromatic rings. The lowest BCUT2D eigenvalue weighted by molar-refractivity contribution is 0.0662. The molecule has 5 rings (SSSR count). The topological polar surface area (TPSA) is 50.8 Å². The van der Waals surface area contributed by atoms with Crippen molar-refractivity contribution in [3.63, 3.8) is 0 Å². The predicted octanol–water partition coefficient (Wildman–Crippen LogP) is 6.02. The lowest BCUT2D eigenvalue weighted by atomic mass is 9.97. The smallest absolute Gasteiger partial charge is 0.258 e. The molecule has 0 fully saturated rings. The molecule has 1 amide bonds. The Morgan fingerprint density at radius 2 is 1.62 bits per heavy atom. The summed E-state index contributed by atoms with van der Waals surface area (Å²) in [7, 11) is 0. The van der Waals surface area contributed by atoms with Gasteiger partial charge < -0.3 is 19.7 Å². The number of ether oxygens (including phenoxy) is 2. The SMILES string of the molecule is CCOCCOc1ccc2ccccc2c1C1Nc2ccccc2C(=O)N1Cc1ccccc1. The second-order valence-electron chi connectivity index (χ2n) is 8.26. The molecule has 1 aliphatic heterocycles. The van der Waals surface area contributed by atoms with Gasteiger partial charge in [0.15, 0.2) is 0 Å². The third-order valence-electron chi connectivity index (χ3n) is 6.11. The average Bonchev–Trinajstić information content (AvgIpc) is 2.89. The highest BCUT2D eigenvalue weighted by Gasteiger charge is 2.35. The van der Waals surface area contributed by atoms with E-state index < -0.39 is 6.17 Å². The van der Waals surface area contributed by atoms with E-state index in [-0.39, 0.29) is 5.91 Å². The number of nitrogens with one attached hydrogen (secondary N) is 1. The Morgan fingerprint density at radius 1 is 0.853 bits per heavy atom. The van der Waals surface area contributed by atoms with E-state index in [1.54, 1.807) is 0 Å². The molecule has 5 heteroatoms. The van der Waals surface area contributed by atoms with Gasteiger partial charge in [-0.2, -0.15) is 0 Å². The van der Waals surface area contributed by atoms with Crippen LogP contribution < -0.4 is 10.1 Å². The first-order chi connectivity index (χ1) is 16.8. The number of benzene rings is 4. The zero-order valence-corrected chi connectivity index (χ0v) is 19.2. The van der Waals surface area contributed by atoms with Crippen molar-refractivity contribution in [2.24, 2.45) is 0 Å². The monoisotopic (exact) mass is 452 g/mol. The van der Waals surface area contributed by atoms with Crippen LogP contribution in [0.5, 0.6) is 5.75 Å². The second-order valence-corrected chi connectivity index (χ2v) is 8.26. The lowest BCUT2D eigenvalue weighted by Gasteiger charge is -2.39. The molecule has 172 valence electrons. The van der Waals surface area contributed by atoms with Gasteiger partial charge in [-0.15, -0.1) is 0 Å². The van der Waals surface area contributed by atoms with Crippen LogP contribution >= 0.6 is 0 Å².